The minimum absolute atomic E-state index is 0.0136. The molecule has 1 fully saturated rings. The van der Waals surface area contributed by atoms with Crippen molar-refractivity contribution in [2.75, 3.05) is 13.2 Å². The second-order valence-electron chi connectivity index (χ2n) is 3.89. The van der Waals surface area contributed by atoms with E-state index in [1.54, 1.807) is 0 Å². The van der Waals surface area contributed by atoms with Gasteiger partial charge in [-0.3, -0.25) is 0 Å². The van der Waals surface area contributed by atoms with Gasteiger partial charge in [0.05, 0.1) is 12.2 Å². The van der Waals surface area contributed by atoms with Crippen LogP contribution in [0.3, 0.4) is 0 Å². The van der Waals surface area contributed by atoms with E-state index in [9.17, 15) is 5.11 Å². The lowest BCUT2D eigenvalue weighted by Gasteiger charge is -2.32. The van der Waals surface area contributed by atoms with Crippen LogP contribution in [-0.2, 0) is 4.74 Å². The predicted molar refractivity (Wildman–Crippen MR) is 50.5 cm³/mol. The zero-order valence-corrected chi connectivity index (χ0v) is 8.28. The fraction of sp³-hybridized carbons (Fsp3) is 1.00. The number of ether oxygens (including phenoxy) is 1. The molecule has 0 aromatic rings. The van der Waals surface area contributed by atoms with Gasteiger partial charge in [-0.25, -0.2) is 0 Å². The molecule has 0 saturated carbocycles. The van der Waals surface area contributed by atoms with E-state index in [0.29, 0.717) is 5.92 Å². The third-order valence-corrected chi connectivity index (χ3v) is 2.71. The molecule has 0 unspecified atom stereocenters. The van der Waals surface area contributed by atoms with Crippen molar-refractivity contribution in [1.29, 1.82) is 0 Å². The van der Waals surface area contributed by atoms with Gasteiger partial charge in [0.1, 0.15) is 0 Å². The van der Waals surface area contributed by atoms with Crippen molar-refractivity contribution in [3.63, 3.8) is 0 Å². The van der Waals surface area contributed by atoms with Gasteiger partial charge in [-0.05, 0) is 31.6 Å². The molecule has 1 aliphatic heterocycles. The first-order chi connectivity index (χ1) is 6.25. The van der Waals surface area contributed by atoms with E-state index < -0.39 is 0 Å². The van der Waals surface area contributed by atoms with Crippen molar-refractivity contribution >= 4 is 0 Å². The van der Waals surface area contributed by atoms with Gasteiger partial charge in [-0.1, -0.05) is 6.92 Å². The van der Waals surface area contributed by atoms with Crippen LogP contribution in [0.25, 0.3) is 0 Å². The maximum Gasteiger partial charge on any atom is 0.0859 e. The van der Waals surface area contributed by atoms with Crippen LogP contribution in [0.1, 0.15) is 32.6 Å². The summed E-state index contributed by atoms with van der Waals surface area (Å²) >= 11 is 0. The Balaban J connectivity index is 2.30. The Hall–Kier alpha value is -0.120. The molecular formula is C10H20O3. The van der Waals surface area contributed by atoms with Gasteiger partial charge < -0.3 is 14.9 Å². The molecule has 2 N–H and O–H groups in total. The number of aliphatic hydroxyl groups is 2. The molecule has 1 saturated heterocycles. The van der Waals surface area contributed by atoms with E-state index >= 15 is 0 Å². The van der Waals surface area contributed by atoms with Crippen LogP contribution in [-0.4, -0.2) is 35.6 Å². The van der Waals surface area contributed by atoms with Crippen molar-refractivity contribution in [1.82, 2.24) is 0 Å². The monoisotopic (exact) mass is 188 g/mol. The van der Waals surface area contributed by atoms with Crippen LogP contribution >= 0.6 is 0 Å². The van der Waals surface area contributed by atoms with E-state index in [2.05, 4.69) is 6.92 Å². The molecule has 3 heteroatoms. The minimum Gasteiger partial charge on any atom is -0.396 e. The topological polar surface area (TPSA) is 49.7 Å². The summed E-state index contributed by atoms with van der Waals surface area (Å²) in [6.45, 7) is 3.08. The quantitative estimate of drug-likeness (QED) is 0.690. The van der Waals surface area contributed by atoms with Gasteiger partial charge >= 0.3 is 0 Å². The van der Waals surface area contributed by atoms with Gasteiger partial charge in [0.15, 0.2) is 0 Å². The molecule has 1 rings (SSSR count). The van der Waals surface area contributed by atoms with Crippen molar-refractivity contribution in [3.05, 3.63) is 0 Å². The van der Waals surface area contributed by atoms with Crippen LogP contribution in [0.5, 0.6) is 0 Å². The molecule has 13 heavy (non-hydrogen) atoms. The Morgan fingerprint density at radius 2 is 2.31 bits per heavy atom. The van der Waals surface area contributed by atoms with E-state index in [1.807, 2.05) is 0 Å². The van der Waals surface area contributed by atoms with Crippen molar-refractivity contribution in [3.8, 4) is 0 Å². The van der Waals surface area contributed by atoms with Gasteiger partial charge in [-0.2, -0.15) is 0 Å². The number of hydrogen-bond donors (Lipinski definition) is 2. The van der Waals surface area contributed by atoms with Crippen LogP contribution in [0.15, 0.2) is 0 Å². The molecule has 0 amide bonds. The molecule has 0 aromatic heterocycles. The lowest BCUT2D eigenvalue weighted by Crippen LogP contribution is -2.38. The molecule has 3 nitrogen and oxygen atoms in total. The molecular weight excluding hydrogens is 168 g/mol. The highest BCUT2D eigenvalue weighted by molar-refractivity contribution is 4.78. The molecule has 0 radical (unpaired) electrons. The maximum absolute atomic E-state index is 9.65. The molecule has 0 aromatic carbocycles. The second kappa shape index (κ2) is 5.58. The number of aliphatic hydroxyl groups excluding tert-OH is 2. The standard InChI is InChI=1S/C10H20O3/c1-8(4-2-6-11)10-9(12)5-3-7-13-10/h8-12H,2-7H2,1H3/t8-,9+,10-/m1/s1. The Morgan fingerprint density at radius 3 is 2.92 bits per heavy atom. The summed E-state index contributed by atoms with van der Waals surface area (Å²) < 4.78 is 5.52. The Bertz CT molecular complexity index is 138. The summed E-state index contributed by atoms with van der Waals surface area (Å²) in [4.78, 5) is 0. The summed E-state index contributed by atoms with van der Waals surface area (Å²) in [5, 5.41) is 18.3. The average molecular weight is 188 g/mol. The second-order valence-corrected chi connectivity index (χ2v) is 3.89. The lowest BCUT2D eigenvalue weighted by atomic mass is 9.91. The normalized spacial score (nSPS) is 31.6. The fourth-order valence-electron chi connectivity index (χ4n) is 1.91. The summed E-state index contributed by atoms with van der Waals surface area (Å²) in [5.41, 5.74) is 0. The Labute approximate surface area is 79.7 Å². The molecule has 0 bridgehead atoms. The maximum atomic E-state index is 9.65. The Morgan fingerprint density at radius 1 is 1.54 bits per heavy atom. The van der Waals surface area contributed by atoms with Gasteiger partial charge in [0.2, 0.25) is 0 Å². The van der Waals surface area contributed by atoms with Crippen LogP contribution in [0.4, 0.5) is 0 Å². The average Bonchev–Trinajstić information content (AvgIpc) is 2.15. The number of hydrogen-bond acceptors (Lipinski definition) is 3. The summed E-state index contributed by atoms with van der Waals surface area (Å²) in [5.74, 6) is 0.349. The highest BCUT2D eigenvalue weighted by Crippen LogP contribution is 2.23. The summed E-state index contributed by atoms with van der Waals surface area (Å²) in [6, 6.07) is 0. The van der Waals surface area contributed by atoms with Gasteiger partial charge in [0.25, 0.3) is 0 Å². The van der Waals surface area contributed by atoms with E-state index in [4.69, 9.17) is 9.84 Å². The van der Waals surface area contributed by atoms with E-state index in [0.717, 1.165) is 32.3 Å². The summed E-state index contributed by atoms with van der Waals surface area (Å²) in [6.07, 6.45) is 3.23. The smallest absolute Gasteiger partial charge is 0.0859 e. The third kappa shape index (κ3) is 3.25. The van der Waals surface area contributed by atoms with E-state index in [-0.39, 0.29) is 18.8 Å². The van der Waals surface area contributed by atoms with Gasteiger partial charge in [-0.15, -0.1) is 0 Å². The number of rotatable bonds is 4. The van der Waals surface area contributed by atoms with Crippen molar-refractivity contribution < 1.29 is 14.9 Å². The SMILES string of the molecule is C[C@H](CCCO)[C@H]1OCCC[C@@H]1O. The van der Waals surface area contributed by atoms with Crippen molar-refractivity contribution in [2.24, 2.45) is 5.92 Å². The van der Waals surface area contributed by atoms with Crippen LogP contribution < -0.4 is 0 Å². The first kappa shape index (κ1) is 11.0. The zero-order chi connectivity index (χ0) is 9.68. The first-order valence-electron chi connectivity index (χ1n) is 5.16. The van der Waals surface area contributed by atoms with Crippen LogP contribution in [0, 0.1) is 5.92 Å². The first-order valence-corrected chi connectivity index (χ1v) is 5.16. The Kier molecular flexibility index (Phi) is 4.70. The highest BCUT2D eigenvalue weighted by Gasteiger charge is 2.28. The highest BCUT2D eigenvalue weighted by atomic mass is 16.5. The molecule has 1 heterocycles. The zero-order valence-electron chi connectivity index (χ0n) is 8.28. The molecule has 0 aliphatic carbocycles. The predicted octanol–water partition coefficient (Wildman–Crippen LogP) is 0.935. The molecule has 1 aliphatic rings. The van der Waals surface area contributed by atoms with Crippen molar-refractivity contribution in [2.45, 2.75) is 44.8 Å². The van der Waals surface area contributed by atoms with Crippen LogP contribution in [0.2, 0.25) is 0 Å². The fourth-order valence-corrected chi connectivity index (χ4v) is 1.91. The lowest BCUT2D eigenvalue weighted by molar-refractivity contribution is -0.0994. The molecule has 0 spiro atoms. The summed E-state index contributed by atoms with van der Waals surface area (Å²) in [7, 11) is 0. The van der Waals surface area contributed by atoms with Gasteiger partial charge in [0, 0.05) is 13.2 Å². The largest absolute Gasteiger partial charge is 0.396 e. The minimum atomic E-state index is -0.303. The third-order valence-electron chi connectivity index (χ3n) is 2.71. The molecule has 3 atom stereocenters. The van der Waals surface area contributed by atoms with E-state index in [1.165, 1.54) is 0 Å². The molecule has 78 valence electrons.